The molecule has 25 heavy (non-hydrogen) atoms. The van der Waals surface area contributed by atoms with Gasteiger partial charge >= 0.3 is 6.18 Å². The molecule has 0 aromatic heterocycles. The van der Waals surface area contributed by atoms with Crippen molar-refractivity contribution in [3.63, 3.8) is 0 Å². The van der Waals surface area contributed by atoms with Gasteiger partial charge in [-0.05, 0) is 18.6 Å². The van der Waals surface area contributed by atoms with Gasteiger partial charge in [-0.3, -0.25) is 9.69 Å². The Kier molecular flexibility index (Phi) is 7.58. The number of nitrogens with one attached hydrogen (secondary N) is 2. The lowest BCUT2D eigenvalue weighted by Crippen LogP contribution is -2.57. The lowest BCUT2D eigenvalue weighted by atomic mass is 10.1. The molecule has 0 saturated carbocycles. The Labute approximate surface area is 148 Å². The molecule has 4 nitrogen and oxygen atoms in total. The van der Waals surface area contributed by atoms with Crippen LogP contribution in [0.15, 0.2) is 12.1 Å². The van der Waals surface area contributed by atoms with Crippen LogP contribution in [0, 0.1) is 18.6 Å². The van der Waals surface area contributed by atoms with E-state index >= 15 is 0 Å². The molecule has 0 bridgehead atoms. The summed E-state index contributed by atoms with van der Waals surface area (Å²) in [4.78, 5) is 13.2. The fraction of sp³-hybridized carbons (Fsp3) is 0.533. The predicted octanol–water partition coefficient (Wildman–Crippen LogP) is 2.26. The van der Waals surface area contributed by atoms with Gasteiger partial charge in [0.05, 0.1) is 5.56 Å². The van der Waals surface area contributed by atoms with Crippen LogP contribution in [0.1, 0.15) is 15.9 Å². The molecule has 1 atom stereocenters. The van der Waals surface area contributed by atoms with Crippen molar-refractivity contribution in [2.24, 2.45) is 0 Å². The standard InChI is InChI=1S/C15H18F5N3O.ClH/c1-9-6-10(12(17)7-11(9)16)14(24)22-8-13(15(18,19)20)23-4-2-21-3-5-23;/h6-7,13,21H,2-5,8H2,1H3,(H,22,24);1H. The summed E-state index contributed by atoms with van der Waals surface area (Å²) in [7, 11) is 0. The van der Waals surface area contributed by atoms with Crippen molar-refractivity contribution in [3.8, 4) is 0 Å². The number of hydrogen-bond acceptors (Lipinski definition) is 3. The Morgan fingerprint density at radius 3 is 2.40 bits per heavy atom. The number of carbonyl (C=O) groups is 1. The Hall–Kier alpha value is -1.45. The first kappa shape index (κ1) is 21.6. The van der Waals surface area contributed by atoms with Crippen molar-refractivity contribution in [3.05, 3.63) is 34.9 Å². The van der Waals surface area contributed by atoms with E-state index in [9.17, 15) is 26.7 Å². The SMILES string of the molecule is Cc1cc(C(=O)NCC(N2CCNCC2)C(F)(F)F)c(F)cc1F.Cl. The van der Waals surface area contributed by atoms with E-state index in [2.05, 4.69) is 10.6 Å². The number of aryl methyl sites for hydroxylation is 1. The third kappa shape index (κ3) is 5.52. The number of halogens is 6. The molecule has 10 heteroatoms. The van der Waals surface area contributed by atoms with Gasteiger partial charge in [0, 0.05) is 38.8 Å². The first-order valence-electron chi connectivity index (χ1n) is 7.45. The minimum Gasteiger partial charge on any atom is -0.350 e. The third-order valence-electron chi connectivity index (χ3n) is 3.92. The number of nitrogens with zero attached hydrogens (tertiary/aromatic N) is 1. The van der Waals surface area contributed by atoms with Gasteiger partial charge in [-0.1, -0.05) is 0 Å². The number of alkyl halides is 3. The molecule has 0 spiro atoms. The van der Waals surface area contributed by atoms with Gasteiger partial charge in [-0.2, -0.15) is 13.2 Å². The van der Waals surface area contributed by atoms with Crippen LogP contribution < -0.4 is 10.6 Å². The van der Waals surface area contributed by atoms with Crippen molar-refractivity contribution < 1.29 is 26.7 Å². The highest BCUT2D eigenvalue weighted by Gasteiger charge is 2.43. The van der Waals surface area contributed by atoms with Gasteiger partial charge in [0.2, 0.25) is 0 Å². The highest BCUT2D eigenvalue weighted by Crippen LogP contribution is 2.25. The zero-order chi connectivity index (χ0) is 17.9. The van der Waals surface area contributed by atoms with E-state index in [4.69, 9.17) is 0 Å². The minimum atomic E-state index is -4.53. The second kappa shape index (κ2) is 8.77. The zero-order valence-corrected chi connectivity index (χ0v) is 14.2. The molecular weight excluding hydrogens is 369 g/mol. The van der Waals surface area contributed by atoms with Crippen LogP contribution in [0.2, 0.25) is 0 Å². The summed E-state index contributed by atoms with van der Waals surface area (Å²) in [5, 5.41) is 5.06. The summed E-state index contributed by atoms with van der Waals surface area (Å²) in [5.74, 6) is -2.93. The molecule has 0 radical (unpaired) electrons. The van der Waals surface area contributed by atoms with Gasteiger partial charge in [0.15, 0.2) is 0 Å². The van der Waals surface area contributed by atoms with Crippen molar-refractivity contribution in [1.29, 1.82) is 0 Å². The van der Waals surface area contributed by atoms with E-state index in [1.807, 2.05) is 0 Å². The molecule has 1 aliphatic rings. The number of benzene rings is 1. The van der Waals surface area contributed by atoms with Crippen LogP contribution in [0.4, 0.5) is 22.0 Å². The monoisotopic (exact) mass is 387 g/mol. The van der Waals surface area contributed by atoms with Crippen LogP contribution >= 0.6 is 12.4 Å². The van der Waals surface area contributed by atoms with Gasteiger partial charge < -0.3 is 10.6 Å². The molecule has 2 N–H and O–H groups in total. The summed E-state index contributed by atoms with van der Waals surface area (Å²) in [6.45, 7) is 1.88. The molecule has 0 aliphatic carbocycles. The van der Waals surface area contributed by atoms with E-state index in [0.29, 0.717) is 19.2 Å². The van der Waals surface area contributed by atoms with Crippen LogP contribution in [-0.2, 0) is 0 Å². The molecule has 1 aliphatic heterocycles. The fourth-order valence-corrected chi connectivity index (χ4v) is 2.56. The van der Waals surface area contributed by atoms with E-state index in [0.717, 1.165) is 6.07 Å². The number of amides is 1. The molecule has 1 aromatic rings. The lowest BCUT2D eigenvalue weighted by molar-refractivity contribution is -0.183. The van der Waals surface area contributed by atoms with Crippen molar-refractivity contribution in [2.75, 3.05) is 32.7 Å². The number of hydrogen-bond donors (Lipinski definition) is 2. The van der Waals surface area contributed by atoms with Crippen LogP contribution in [0.5, 0.6) is 0 Å². The average Bonchev–Trinajstić information content (AvgIpc) is 2.50. The number of rotatable bonds is 4. The second-order valence-electron chi connectivity index (χ2n) is 5.63. The summed E-state index contributed by atoms with van der Waals surface area (Å²) in [6, 6.07) is -0.331. The van der Waals surface area contributed by atoms with Gasteiger partial charge in [0.25, 0.3) is 5.91 Å². The Morgan fingerprint density at radius 2 is 1.84 bits per heavy atom. The maximum atomic E-state index is 13.7. The molecule has 1 amide bonds. The summed E-state index contributed by atoms with van der Waals surface area (Å²) in [6.07, 6.45) is -4.53. The highest BCUT2D eigenvalue weighted by molar-refractivity contribution is 5.94. The first-order chi connectivity index (χ1) is 11.2. The molecule has 1 heterocycles. The fourth-order valence-electron chi connectivity index (χ4n) is 2.56. The number of carbonyl (C=O) groups excluding carboxylic acids is 1. The zero-order valence-electron chi connectivity index (χ0n) is 13.4. The molecular formula is C15H19ClF5N3O. The van der Waals surface area contributed by atoms with E-state index in [1.165, 1.54) is 11.8 Å². The largest absolute Gasteiger partial charge is 0.405 e. The Morgan fingerprint density at radius 1 is 1.24 bits per heavy atom. The Bertz CT molecular complexity index is 606. The average molecular weight is 388 g/mol. The van der Waals surface area contributed by atoms with Gasteiger partial charge in [0.1, 0.15) is 17.7 Å². The number of piperazine rings is 1. The van der Waals surface area contributed by atoms with Crippen molar-refractivity contribution in [1.82, 2.24) is 15.5 Å². The summed E-state index contributed by atoms with van der Waals surface area (Å²) in [5.41, 5.74) is -0.439. The summed E-state index contributed by atoms with van der Waals surface area (Å²) < 4.78 is 66.5. The topological polar surface area (TPSA) is 44.4 Å². The second-order valence-corrected chi connectivity index (χ2v) is 5.63. The highest BCUT2D eigenvalue weighted by atomic mass is 35.5. The third-order valence-corrected chi connectivity index (χ3v) is 3.92. The maximum Gasteiger partial charge on any atom is 0.405 e. The smallest absolute Gasteiger partial charge is 0.350 e. The quantitative estimate of drug-likeness (QED) is 0.779. The molecule has 2 rings (SSSR count). The van der Waals surface area contributed by atoms with Gasteiger partial charge in [-0.15, -0.1) is 12.4 Å². The van der Waals surface area contributed by atoms with Crippen LogP contribution in [0.25, 0.3) is 0 Å². The van der Waals surface area contributed by atoms with Crippen LogP contribution in [0.3, 0.4) is 0 Å². The maximum absolute atomic E-state index is 13.7. The predicted molar refractivity (Wildman–Crippen MR) is 85.0 cm³/mol. The van der Waals surface area contributed by atoms with E-state index < -0.39 is 41.9 Å². The van der Waals surface area contributed by atoms with E-state index in [1.54, 1.807) is 0 Å². The molecule has 1 saturated heterocycles. The summed E-state index contributed by atoms with van der Waals surface area (Å²) >= 11 is 0. The minimum absolute atomic E-state index is 0. The van der Waals surface area contributed by atoms with E-state index in [-0.39, 0.29) is 31.1 Å². The Balaban J connectivity index is 0.00000312. The molecule has 1 fully saturated rings. The van der Waals surface area contributed by atoms with Crippen LogP contribution in [-0.4, -0.2) is 55.7 Å². The molecule has 142 valence electrons. The van der Waals surface area contributed by atoms with Gasteiger partial charge in [-0.25, -0.2) is 8.78 Å². The lowest BCUT2D eigenvalue weighted by Gasteiger charge is -2.35. The first-order valence-corrected chi connectivity index (χ1v) is 7.45. The molecule has 1 aromatic carbocycles. The molecule has 1 unspecified atom stereocenters. The van der Waals surface area contributed by atoms with Crippen molar-refractivity contribution in [2.45, 2.75) is 19.1 Å². The normalized spacial score (nSPS) is 16.9. The van der Waals surface area contributed by atoms with Crippen molar-refractivity contribution >= 4 is 18.3 Å².